The molecule has 0 bridgehead atoms. The minimum Gasteiger partial charge on any atom is -0.221 e. The molecule has 0 radical (unpaired) electrons. The average molecular weight is 238 g/mol. The molecule has 0 amide bonds. The fraction of sp³-hybridized carbons (Fsp3) is 0.300. The highest BCUT2D eigenvalue weighted by Gasteiger charge is 2.07. The Morgan fingerprint density at radius 3 is 2.94 bits per heavy atom. The fourth-order valence-corrected chi connectivity index (χ4v) is 2.18. The van der Waals surface area contributed by atoms with Gasteiger partial charge in [-0.15, -0.1) is 5.10 Å². The van der Waals surface area contributed by atoms with E-state index in [4.69, 9.17) is 0 Å². The van der Waals surface area contributed by atoms with E-state index in [2.05, 4.69) is 15.5 Å². The number of halogens is 1. The molecule has 2 rings (SSSR count). The lowest BCUT2D eigenvalue weighted by atomic mass is 10.2. The maximum absolute atomic E-state index is 13.3. The Morgan fingerprint density at radius 1 is 1.38 bits per heavy atom. The zero-order chi connectivity index (χ0) is 11.4. The minimum atomic E-state index is -0.189. The van der Waals surface area contributed by atoms with Crippen molar-refractivity contribution in [3.05, 3.63) is 35.6 Å². The van der Waals surface area contributed by atoms with Crippen molar-refractivity contribution in [3.63, 3.8) is 0 Å². The van der Waals surface area contributed by atoms with Crippen LogP contribution in [0.15, 0.2) is 29.4 Å². The number of thioether (sulfide) groups is 1. The summed E-state index contributed by atoms with van der Waals surface area (Å²) in [5.41, 5.74) is 0.665. The highest BCUT2D eigenvalue weighted by molar-refractivity contribution is 7.98. The molecule has 6 heteroatoms. The van der Waals surface area contributed by atoms with Crippen molar-refractivity contribution < 1.29 is 4.39 Å². The molecule has 0 aliphatic rings. The second-order valence-corrected chi connectivity index (χ2v) is 4.10. The van der Waals surface area contributed by atoms with Crippen molar-refractivity contribution in [2.24, 2.45) is 0 Å². The Morgan fingerprint density at radius 2 is 2.19 bits per heavy atom. The molecule has 1 aromatic carbocycles. The van der Waals surface area contributed by atoms with Crippen LogP contribution in [0, 0.1) is 5.82 Å². The van der Waals surface area contributed by atoms with Crippen LogP contribution in [-0.2, 0) is 12.3 Å². The zero-order valence-electron chi connectivity index (χ0n) is 8.80. The lowest BCUT2D eigenvalue weighted by Gasteiger charge is -2.02. The number of aryl methyl sites for hydroxylation is 1. The number of rotatable bonds is 4. The van der Waals surface area contributed by atoms with Crippen LogP contribution in [0.2, 0.25) is 0 Å². The van der Waals surface area contributed by atoms with E-state index in [1.807, 2.05) is 13.0 Å². The molecule has 0 N–H and O–H groups in total. The van der Waals surface area contributed by atoms with Gasteiger partial charge in [-0.2, -0.15) is 0 Å². The standard InChI is InChI=1S/C10H11FN4S/c1-2-15-10(12-13-14-15)16-7-8-5-3-4-6-9(8)11/h3-6H,2,7H2,1H3. The van der Waals surface area contributed by atoms with Crippen molar-refractivity contribution in [2.45, 2.75) is 24.4 Å². The minimum absolute atomic E-state index is 0.189. The lowest BCUT2D eigenvalue weighted by Crippen LogP contribution is -1.99. The molecule has 2 aromatic rings. The van der Waals surface area contributed by atoms with E-state index in [0.717, 1.165) is 0 Å². The largest absolute Gasteiger partial charge is 0.221 e. The first-order chi connectivity index (χ1) is 7.81. The van der Waals surface area contributed by atoms with Gasteiger partial charge in [-0.3, -0.25) is 0 Å². The molecule has 0 saturated carbocycles. The number of nitrogens with zero attached hydrogens (tertiary/aromatic N) is 4. The van der Waals surface area contributed by atoms with E-state index < -0.39 is 0 Å². The number of benzene rings is 1. The van der Waals surface area contributed by atoms with Crippen LogP contribution in [0.1, 0.15) is 12.5 Å². The monoisotopic (exact) mass is 238 g/mol. The molecule has 0 fully saturated rings. The SMILES string of the molecule is CCn1nnnc1SCc1ccccc1F. The molecule has 0 aliphatic carbocycles. The third-order valence-electron chi connectivity index (χ3n) is 2.11. The molecular weight excluding hydrogens is 227 g/mol. The van der Waals surface area contributed by atoms with Gasteiger partial charge in [-0.05, 0) is 29.0 Å². The maximum Gasteiger partial charge on any atom is 0.209 e. The van der Waals surface area contributed by atoms with E-state index in [1.165, 1.54) is 17.8 Å². The summed E-state index contributed by atoms with van der Waals surface area (Å²) in [6, 6.07) is 6.72. The molecule has 0 unspecified atom stereocenters. The van der Waals surface area contributed by atoms with Gasteiger partial charge in [-0.25, -0.2) is 9.07 Å². The van der Waals surface area contributed by atoms with Gasteiger partial charge >= 0.3 is 0 Å². The number of hydrogen-bond donors (Lipinski definition) is 0. The van der Waals surface area contributed by atoms with Crippen LogP contribution >= 0.6 is 11.8 Å². The third kappa shape index (κ3) is 2.38. The van der Waals surface area contributed by atoms with Crippen molar-refractivity contribution in [3.8, 4) is 0 Å². The molecule has 0 saturated heterocycles. The maximum atomic E-state index is 13.3. The molecule has 4 nitrogen and oxygen atoms in total. The van der Waals surface area contributed by atoms with Crippen molar-refractivity contribution in [1.82, 2.24) is 20.2 Å². The van der Waals surface area contributed by atoms with Gasteiger partial charge in [0.25, 0.3) is 0 Å². The fourth-order valence-electron chi connectivity index (χ4n) is 1.26. The van der Waals surface area contributed by atoms with Crippen molar-refractivity contribution >= 4 is 11.8 Å². The van der Waals surface area contributed by atoms with Gasteiger partial charge in [-0.1, -0.05) is 30.0 Å². The summed E-state index contributed by atoms with van der Waals surface area (Å²) < 4.78 is 15.0. The Labute approximate surface area is 96.9 Å². The predicted octanol–water partition coefficient (Wildman–Crippen LogP) is 2.12. The molecule has 16 heavy (non-hydrogen) atoms. The van der Waals surface area contributed by atoms with E-state index in [9.17, 15) is 4.39 Å². The summed E-state index contributed by atoms with van der Waals surface area (Å²) in [7, 11) is 0. The third-order valence-corrected chi connectivity index (χ3v) is 3.12. The first-order valence-electron chi connectivity index (χ1n) is 4.93. The highest BCUT2D eigenvalue weighted by Crippen LogP contribution is 2.21. The predicted molar refractivity (Wildman–Crippen MR) is 59.5 cm³/mol. The zero-order valence-corrected chi connectivity index (χ0v) is 9.62. The van der Waals surface area contributed by atoms with Gasteiger partial charge in [0, 0.05) is 12.3 Å². The first kappa shape index (κ1) is 11.1. The summed E-state index contributed by atoms with van der Waals surface area (Å²) in [6.07, 6.45) is 0. The second kappa shape index (κ2) is 5.07. The van der Waals surface area contributed by atoms with Crippen LogP contribution in [-0.4, -0.2) is 20.2 Å². The summed E-state index contributed by atoms with van der Waals surface area (Å²) in [6.45, 7) is 2.68. The highest BCUT2D eigenvalue weighted by atomic mass is 32.2. The molecule has 0 atom stereocenters. The molecule has 0 aliphatic heterocycles. The van der Waals surface area contributed by atoms with Gasteiger partial charge < -0.3 is 0 Å². The van der Waals surface area contributed by atoms with Gasteiger partial charge in [0.2, 0.25) is 5.16 Å². The summed E-state index contributed by atoms with van der Waals surface area (Å²) >= 11 is 1.43. The first-order valence-corrected chi connectivity index (χ1v) is 5.92. The molecule has 0 spiro atoms. The quantitative estimate of drug-likeness (QED) is 0.765. The van der Waals surface area contributed by atoms with E-state index >= 15 is 0 Å². The number of aromatic nitrogens is 4. The van der Waals surface area contributed by atoms with Crippen molar-refractivity contribution in [2.75, 3.05) is 0 Å². The Hall–Kier alpha value is -1.43. The van der Waals surface area contributed by atoms with Crippen LogP contribution in [0.25, 0.3) is 0 Å². The molecular formula is C10H11FN4S. The van der Waals surface area contributed by atoms with Crippen LogP contribution in [0.4, 0.5) is 4.39 Å². The lowest BCUT2D eigenvalue weighted by molar-refractivity contribution is 0.581. The molecule has 84 valence electrons. The molecule has 1 aromatic heterocycles. The van der Waals surface area contributed by atoms with Gasteiger partial charge in [0.15, 0.2) is 0 Å². The van der Waals surface area contributed by atoms with Crippen LogP contribution in [0.5, 0.6) is 0 Å². The summed E-state index contributed by atoms with van der Waals surface area (Å²) in [4.78, 5) is 0. The van der Waals surface area contributed by atoms with E-state index in [0.29, 0.717) is 23.0 Å². The van der Waals surface area contributed by atoms with Crippen molar-refractivity contribution in [1.29, 1.82) is 0 Å². The van der Waals surface area contributed by atoms with Gasteiger partial charge in [0.1, 0.15) is 5.82 Å². The average Bonchev–Trinajstić information content (AvgIpc) is 2.75. The molecule has 1 heterocycles. The number of hydrogen-bond acceptors (Lipinski definition) is 4. The van der Waals surface area contributed by atoms with Gasteiger partial charge in [0.05, 0.1) is 0 Å². The summed E-state index contributed by atoms with van der Waals surface area (Å²) in [5, 5.41) is 12.0. The Bertz CT molecular complexity index is 471. The van der Waals surface area contributed by atoms with E-state index in [-0.39, 0.29) is 5.82 Å². The summed E-state index contributed by atoms with van der Waals surface area (Å²) in [5.74, 6) is 0.345. The van der Waals surface area contributed by atoms with Crippen LogP contribution < -0.4 is 0 Å². The smallest absolute Gasteiger partial charge is 0.209 e. The second-order valence-electron chi connectivity index (χ2n) is 3.16. The van der Waals surface area contributed by atoms with Crippen LogP contribution in [0.3, 0.4) is 0 Å². The number of tetrazole rings is 1. The van der Waals surface area contributed by atoms with E-state index in [1.54, 1.807) is 16.8 Å². The normalized spacial score (nSPS) is 10.6. The Balaban J connectivity index is 2.05. The Kier molecular flexibility index (Phi) is 3.51. The topological polar surface area (TPSA) is 43.6 Å².